The summed E-state index contributed by atoms with van der Waals surface area (Å²) in [7, 11) is 0. The number of alkyl halides is 3. The first-order valence-corrected chi connectivity index (χ1v) is 12.1. The fourth-order valence-electron chi connectivity index (χ4n) is 4.83. The zero-order valence-corrected chi connectivity index (χ0v) is 20.4. The van der Waals surface area contributed by atoms with E-state index in [9.17, 15) is 18.0 Å². The van der Waals surface area contributed by atoms with Gasteiger partial charge in [-0.2, -0.15) is 18.3 Å². The average molecular weight is 517 g/mol. The van der Waals surface area contributed by atoms with Gasteiger partial charge < -0.3 is 15.2 Å². The van der Waals surface area contributed by atoms with E-state index >= 15 is 0 Å². The minimum atomic E-state index is -4.62. The van der Waals surface area contributed by atoms with Crippen LogP contribution in [0.3, 0.4) is 0 Å². The van der Waals surface area contributed by atoms with Crippen molar-refractivity contribution in [2.24, 2.45) is 0 Å². The van der Waals surface area contributed by atoms with Gasteiger partial charge in [0.05, 0.1) is 35.0 Å². The molecule has 0 fully saturated rings. The number of hydrogen-bond donors (Lipinski definition) is 3. The standard InChI is InChI=1S/C28H23F3N6O/c1-16-14-37(15-33-16)26-12-21(28(29,30)31)11-25(22(26)9-17-2-5-23-20(8-17)13-34-36-23)35-27(38)19-4-3-18-6-7-32-24(18)10-19/h2-5,8,10-15,32H,6-7,9H2,1H3,(H,34,36)(H,35,38). The molecule has 1 aliphatic rings. The quantitative estimate of drug-likeness (QED) is 0.272. The predicted octanol–water partition coefficient (Wildman–Crippen LogP) is 5.89. The summed E-state index contributed by atoms with van der Waals surface area (Å²) in [5.41, 5.74) is 4.75. The predicted molar refractivity (Wildman–Crippen MR) is 139 cm³/mol. The second-order valence-electron chi connectivity index (χ2n) is 9.41. The van der Waals surface area contributed by atoms with E-state index in [2.05, 4.69) is 25.8 Å². The third-order valence-corrected chi connectivity index (χ3v) is 6.76. The Labute approximate surface area is 215 Å². The van der Waals surface area contributed by atoms with Crippen molar-refractivity contribution in [1.82, 2.24) is 19.7 Å². The molecule has 2 aromatic heterocycles. The molecular weight excluding hydrogens is 493 g/mol. The van der Waals surface area contributed by atoms with E-state index in [1.807, 2.05) is 24.3 Å². The molecule has 3 N–H and O–H groups in total. The molecule has 3 heterocycles. The molecule has 38 heavy (non-hydrogen) atoms. The number of imidazole rings is 1. The van der Waals surface area contributed by atoms with Crippen LogP contribution in [0.2, 0.25) is 0 Å². The van der Waals surface area contributed by atoms with Crippen LogP contribution in [0.1, 0.15) is 38.3 Å². The molecule has 1 amide bonds. The van der Waals surface area contributed by atoms with Crippen LogP contribution < -0.4 is 10.6 Å². The van der Waals surface area contributed by atoms with Gasteiger partial charge in [0.15, 0.2) is 0 Å². The summed E-state index contributed by atoms with van der Waals surface area (Å²) in [5.74, 6) is -0.486. The number of nitrogens with one attached hydrogen (secondary N) is 3. The molecule has 0 aliphatic carbocycles. The topological polar surface area (TPSA) is 87.6 Å². The Balaban J connectivity index is 1.48. The van der Waals surface area contributed by atoms with Crippen molar-refractivity contribution >= 4 is 28.2 Å². The van der Waals surface area contributed by atoms with Gasteiger partial charge in [0.1, 0.15) is 0 Å². The number of amides is 1. The smallest absolute Gasteiger partial charge is 0.384 e. The molecule has 0 unspecified atom stereocenters. The number of nitrogens with zero attached hydrogens (tertiary/aromatic N) is 3. The summed E-state index contributed by atoms with van der Waals surface area (Å²) in [6, 6.07) is 13.1. The minimum absolute atomic E-state index is 0.0897. The number of carbonyl (C=O) groups excluding carboxylic acids is 1. The highest BCUT2D eigenvalue weighted by Crippen LogP contribution is 2.37. The summed E-state index contributed by atoms with van der Waals surface area (Å²) in [5, 5.41) is 13.8. The number of halogens is 3. The van der Waals surface area contributed by atoms with Crippen LogP contribution in [0.15, 0.2) is 67.3 Å². The van der Waals surface area contributed by atoms with Gasteiger partial charge in [-0.15, -0.1) is 0 Å². The number of aryl methyl sites for hydroxylation is 1. The van der Waals surface area contributed by atoms with E-state index in [4.69, 9.17) is 0 Å². The van der Waals surface area contributed by atoms with Crippen molar-refractivity contribution < 1.29 is 18.0 Å². The van der Waals surface area contributed by atoms with Gasteiger partial charge in [0.25, 0.3) is 5.91 Å². The number of carbonyl (C=O) groups is 1. The molecule has 0 saturated heterocycles. The van der Waals surface area contributed by atoms with Crippen LogP contribution in [0.5, 0.6) is 0 Å². The van der Waals surface area contributed by atoms with Crippen LogP contribution in [0.4, 0.5) is 24.5 Å². The van der Waals surface area contributed by atoms with Crippen molar-refractivity contribution in [3.8, 4) is 5.69 Å². The summed E-state index contributed by atoms with van der Waals surface area (Å²) >= 11 is 0. The zero-order chi connectivity index (χ0) is 26.4. The molecule has 0 bridgehead atoms. The molecule has 6 rings (SSSR count). The number of aromatic amines is 1. The lowest BCUT2D eigenvalue weighted by Gasteiger charge is -2.20. The van der Waals surface area contributed by atoms with Gasteiger partial charge in [-0.05, 0) is 60.9 Å². The molecule has 10 heteroatoms. The molecule has 192 valence electrons. The summed E-state index contributed by atoms with van der Waals surface area (Å²) in [4.78, 5) is 17.5. The number of fused-ring (bicyclic) bond motifs is 2. The maximum atomic E-state index is 14.0. The molecule has 5 aromatic rings. The third kappa shape index (κ3) is 4.49. The highest BCUT2D eigenvalue weighted by atomic mass is 19.4. The van der Waals surface area contributed by atoms with Gasteiger partial charge in [-0.3, -0.25) is 9.89 Å². The van der Waals surface area contributed by atoms with E-state index in [0.29, 0.717) is 22.5 Å². The van der Waals surface area contributed by atoms with E-state index in [0.717, 1.165) is 52.8 Å². The van der Waals surface area contributed by atoms with Crippen molar-refractivity contribution in [3.05, 3.63) is 101 Å². The van der Waals surface area contributed by atoms with Crippen LogP contribution in [0, 0.1) is 6.92 Å². The van der Waals surface area contributed by atoms with Crippen LogP contribution in [-0.4, -0.2) is 32.2 Å². The van der Waals surface area contributed by atoms with Crippen molar-refractivity contribution in [1.29, 1.82) is 0 Å². The Kier molecular flexibility index (Phi) is 5.67. The first-order valence-electron chi connectivity index (χ1n) is 12.1. The highest BCUT2D eigenvalue weighted by Gasteiger charge is 2.33. The minimum Gasteiger partial charge on any atom is -0.384 e. The van der Waals surface area contributed by atoms with Crippen molar-refractivity contribution in [2.75, 3.05) is 17.2 Å². The largest absolute Gasteiger partial charge is 0.416 e. The monoisotopic (exact) mass is 516 g/mol. The van der Waals surface area contributed by atoms with Crippen molar-refractivity contribution in [2.45, 2.75) is 25.9 Å². The lowest BCUT2D eigenvalue weighted by molar-refractivity contribution is -0.137. The number of rotatable bonds is 5. The number of H-pyrrole nitrogens is 1. The molecular formula is C28H23F3N6O. The van der Waals surface area contributed by atoms with Crippen LogP contribution in [-0.2, 0) is 19.0 Å². The fraction of sp³-hybridized carbons (Fsp3) is 0.179. The molecule has 3 aromatic carbocycles. The fourth-order valence-corrected chi connectivity index (χ4v) is 4.83. The van der Waals surface area contributed by atoms with Gasteiger partial charge >= 0.3 is 6.18 Å². The summed E-state index contributed by atoms with van der Waals surface area (Å²) in [6.07, 6.45) is 1.35. The van der Waals surface area contributed by atoms with E-state index in [-0.39, 0.29) is 12.1 Å². The Hall–Kier alpha value is -4.60. The molecule has 1 aliphatic heterocycles. The zero-order valence-electron chi connectivity index (χ0n) is 20.4. The Bertz CT molecular complexity index is 1680. The van der Waals surface area contributed by atoms with Gasteiger partial charge in [0, 0.05) is 47.1 Å². The number of hydrogen-bond acceptors (Lipinski definition) is 4. The highest BCUT2D eigenvalue weighted by molar-refractivity contribution is 6.05. The van der Waals surface area contributed by atoms with Gasteiger partial charge in [0.2, 0.25) is 0 Å². The van der Waals surface area contributed by atoms with Gasteiger partial charge in [-0.1, -0.05) is 12.1 Å². The van der Waals surface area contributed by atoms with Crippen molar-refractivity contribution in [3.63, 3.8) is 0 Å². The first-order chi connectivity index (χ1) is 18.2. The summed E-state index contributed by atoms with van der Waals surface area (Å²) in [6.45, 7) is 2.55. The molecule has 0 saturated carbocycles. The van der Waals surface area contributed by atoms with Crippen LogP contribution in [0.25, 0.3) is 16.6 Å². The maximum absolute atomic E-state index is 14.0. The van der Waals surface area contributed by atoms with E-state index in [1.54, 1.807) is 36.0 Å². The Morgan fingerprint density at radius 1 is 1.13 bits per heavy atom. The lowest BCUT2D eigenvalue weighted by atomic mass is 9.97. The number of aromatic nitrogens is 4. The molecule has 0 spiro atoms. The van der Waals surface area contributed by atoms with E-state index < -0.39 is 17.6 Å². The second kappa shape index (κ2) is 9.05. The van der Waals surface area contributed by atoms with Crippen LogP contribution >= 0.6 is 0 Å². The van der Waals surface area contributed by atoms with E-state index in [1.165, 1.54) is 6.33 Å². The molecule has 7 nitrogen and oxygen atoms in total. The third-order valence-electron chi connectivity index (χ3n) is 6.76. The lowest BCUT2D eigenvalue weighted by Crippen LogP contribution is -2.17. The summed E-state index contributed by atoms with van der Waals surface area (Å²) < 4.78 is 43.6. The average Bonchev–Trinajstić information content (AvgIpc) is 3.64. The van der Waals surface area contributed by atoms with Gasteiger partial charge in [-0.25, -0.2) is 4.98 Å². The molecule has 0 atom stereocenters. The maximum Gasteiger partial charge on any atom is 0.416 e. The number of anilines is 2. The SMILES string of the molecule is Cc1cn(-c2cc(C(F)(F)F)cc(NC(=O)c3ccc4c(c3)NCC4)c2Cc2ccc3[nH]ncc3c2)cn1. The number of benzene rings is 3. The molecule has 0 radical (unpaired) electrons. The first kappa shape index (κ1) is 23.8. The Morgan fingerprint density at radius 3 is 2.79 bits per heavy atom. The second-order valence-corrected chi connectivity index (χ2v) is 9.41. The Morgan fingerprint density at radius 2 is 2.00 bits per heavy atom. The normalized spacial score (nSPS) is 12.9.